The van der Waals surface area contributed by atoms with Gasteiger partial charge >= 0.3 is 0 Å². The highest BCUT2D eigenvalue weighted by Crippen LogP contribution is 2.16. The van der Waals surface area contributed by atoms with E-state index in [1.807, 2.05) is 17.5 Å². The number of nitrogens with two attached hydrogens (primary N) is 1. The number of rotatable bonds is 4. The standard InChI is InChI=1S/C12H12N2O2S/c13-12(16)9-4-1-5-10(9)14-11(15)7-8-3-2-6-17-8/h1-4,6H,5,7H2,(H2,13,16)(H,14,15). The van der Waals surface area contributed by atoms with Gasteiger partial charge in [0.2, 0.25) is 11.8 Å². The fourth-order valence-corrected chi connectivity index (χ4v) is 2.34. The summed E-state index contributed by atoms with van der Waals surface area (Å²) in [7, 11) is 0. The number of hydrogen-bond acceptors (Lipinski definition) is 3. The van der Waals surface area contributed by atoms with Crippen molar-refractivity contribution in [3.63, 3.8) is 0 Å². The minimum Gasteiger partial charge on any atom is -0.366 e. The van der Waals surface area contributed by atoms with E-state index in [4.69, 9.17) is 5.73 Å². The Morgan fingerprint density at radius 3 is 2.94 bits per heavy atom. The van der Waals surface area contributed by atoms with Crippen molar-refractivity contribution in [3.8, 4) is 0 Å². The molecule has 2 amide bonds. The van der Waals surface area contributed by atoms with Gasteiger partial charge in [0.25, 0.3) is 0 Å². The lowest BCUT2D eigenvalue weighted by Crippen LogP contribution is -2.26. The van der Waals surface area contributed by atoms with Crippen molar-refractivity contribution in [1.29, 1.82) is 0 Å². The second-order valence-corrected chi connectivity index (χ2v) is 4.70. The van der Waals surface area contributed by atoms with Crippen LogP contribution in [0.4, 0.5) is 0 Å². The van der Waals surface area contributed by atoms with Crippen molar-refractivity contribution in [3.05, 3.63) is 45.8 Å². The van der Waals surface area contributed by atoms with Gasteiger partial charge in [-0.25, -0.2) is 0 Å². The number of carbonyl (C=O) groups is 2. The first-order valence-electron chi connectivity index (χ1n) is 5.18. The third-order valence-electron chi connectivity index (χ3n) is 2.40. The quantitative estimate of drug-likeness (QED) is 0.837. The number of primary amides is 1. The Balaban J connectivity index is 2.00. The van der Waals surface area contributed by atoms with E-state index >= 15 is 0 Å². The Morgan fingerprint density at radius 2 is 2.29 bits per heavy atom. The molecule has 4 nitrogen and oxygen atoms in total. The Bertz CT molecular complexity index is 501. The maximum Gasteiger partial charge on any atom is 0.250 e. The summed E-state index contributed by atoms with van der Waals surface area (Å²) in [6.07, 6.45) is 4.32. The van der Waals surface area contributed by atoms with Crippen molar-refractivity contribution in [2.24, 2.45) is 5.73 Å². The van der Waals surface area contributed by atoms with E-state index in [-0.39, 0.29) is 5.91 Å². The summed E-state index contributed by atoms with van der Waals surface area (Å²) in [6.45, 7) is 0. The van der Waals surface area contributed by atoms with Gasteiger partial charge in [-0.2, -0.15) is 0 Å². The lowest BCUT2D eigenvalue weighted by molar-refractivity contribution is -0.119. The van der Waals surface area contributed by atoms with E-state index < -0.39 is 5.91 Å². The van der Waals surface area contributed by atoms with Crippen LogP contribution in [0.3, 0.4) is 0 Å². The molecule has 0 bridgehead atoms. The zero-order valence-electron chi connectivity index (χ0n) is 9.10. The highest BCUT2D eigenvalue weighted by molar-refractivity contribution is 7.10. The summed E-state index contributed by atoms with van der Waals surface area (Å²) >= 11 is 1.53. The van der Waals surface area contributed by atoms with Crippen LogP contribution in [0.2, 0.25) is 0 Å². The molecule has 88 valence electrons. The molecule has 0 spiro atoms. The molecule has 1 aromatic heterocycles. The van der Waals surface area contributed by atoms with Crippen LogP contribution in [-0.2, 0) is 16.0 Å². The van der Waals surface area contributed by atoms with Crippen molar-refractivity contribution >= 4 is 23.2 Å². The monoisotopic (exact) mass is 248 g/mol. The molecule has 0 unspecified atom stereocenters. The summed E-state index contributed by atoms with van der Waals surface area (Å²) in [5, 5.41) is 4.66. The Morgan fingerprint density at radius 1 is 1.47 bits per heavy atom. The first-order valence-corrected chi connectivity index (χ1v) is 6.06. The van der Waals surface area contributed by atoms with E-state index in [0.29, 0.717) is 24.1 Å². The molecule has 1 heterocycles. The minimum atomic E-state index is -0.509. The molecule has 2 rings (SSSR count). The van der Waals surface area contributed by atoms with Gasteiger partial charge in [0, 0.05) is 17.0 Å². The second kappa shape index (κ2) is 4.97. The SMILES string of the molecule is NC(=O)C1=C(NC(=O)Cc2cccs2)CC=C1. The molecular formula is C12H12N2O2S. The molecule has 5 heteroatoms. The maximum atomic E-state index is 11.7. The van der Waals surface area contributed by atoms with Gasteiger partial charge in [-0.05, 0) is 11.4 Å². The number of amides is 2. The van der Waals surface area contributed by atoms with Crippen LogP contribution in [0.1, 0.15) is 11.3 Å². The van der Waals surface area contributed by atoms with Gasteiger partial charge in [-0.3, -0.25) is 9.59 Å². The fraction of sp³-hybridized carbons (Fsp3) is 0.167. The average Bonchev–Trinajstić information content (AvgIpc) is 2.88. The molecule has 0 aliphatic heterocycles. The molecule has 17 heavy (non-hydrogen) atoms. The van der Waals surface area contributed by atoms with Gasteiger partial charge in [-0.1, -0.05) is 18.2 Å². The van der Waals surface area contributed by atoms with Crippen LogP contribution in [0.25, 0.3) is 0 Å². The molecule has 0 saturated carbocycles. The molecule has 1 aromatic rings. The summed E-state index contributed by atoms with van der Waals surface area (Å²) < 4.78 is 0. The molecular weight excluding hydrogens is 236 g/mol. The lowest BCUT2D eigenvalue weighted by Gasteiger charge is -2.06. The number of allylic oxidation sites excluding steroid dienone is 1. The van der Waals surface area contributed by atoms with Crippen LogP contribution in [0.15, 0.2) is 40.9 Å². The smallest absolute Gasteiger partial charge is 0.250 e. The summed E-state index contributed by atoms with van der Waals surface area (Å²) in [6, 6.07) is 3.80. The molecule has 1 aliphatic carbocycles. The van der Waals surface area contributed by atoms with E-state index in [1.165, 1.54) is 11.3 Å². The molecule has 0 radical (unpaired) electrons. The first-order chi connectivity index (χ1) is 8.16. The molecule has 0 saturated heterocycles. The van der Waals surface area contributed by atoms with E-state index in [0.717, 1.165) is 4.88 Å². The summed E-state index contributed by atoms with van der Waals surface area (Å²) in [5.74, 6) is -0.630. The van der Waals surface area contributed by atoms with Crippen molar-refractivity contribution in [1.82, 2.24) is 5.32 Å². The number of hydrogen-bond donors (Lipinski definition) is 2. The highest BCUT2D eigenvalue weighted by atomic mass is 32.1. The fourth-order valence-electron chi connectivity index (χ4n) is 1.64. The van der Waals surface area contributed by atoms with E-state index in [1.54, 1.807) is 12.2 Å². The largest absolute Gasteiger partial charge is 0.366 e. The van der Waals surface area contributed by atoms with Crippen molar-refractivity contribution in [2.75, 3.05) is 0 Å². The van der Waals surface area contributed by atoms with Gasteiger partial charge in [-0.15, -0.1) is 11.3 Å². The maximum absolute atomic E-state index is 11.7. The number of carbonyl (C=O) groups excluding carboxylic acids is 2. The molecule has 0 aromatic carbocycles. The van der Waals surface area contributed by atoms with E-state index in [9.17, 15) is 9.59 Å². The predicted octanol–water partition coefficient (Wildman–Crippen LogP) is 1.11. The van der Waals surface area contributed by atoms with Crippen molar-refractivity contribution in [2.45, 2.75) is 12.8 Å². The topological polar surface area (TPSA) is 72.2 Å². The third-order valence-corrected chi connectivity index (χ3v) is 3.28. The Kier molecular flexibility index (Phi) is 3.39. The van der Waals surface area contributed by atoms with Crippen molar-refractivity contribution < 1.29 is 9.59 Å². The summed E-state index contributed by atoms with van der Waals surface area (Å²) in [5.41, 5.74) is 6.19. The van der Waals surface area contributed by atoms with Gasteiger partial charge in [0.1, 0.15) is 0 Å². The zero-order valence-corrected chi connectivity index (χ0v) is 9.92. The Labute approximate surface area is 103 Å². The molecule has 0 fully saturated rings. The normalized spacial score (nSPS) is 14.1. The first kappa shape index (κ1) is 11.6. The zero-order chi connectivity index (χ0) is 12.3. The number of nitrogens with one attached hydrogen (secondary N) is 1. The van der Waals surface area contributed by atoms with Crippen LogP contribution in [0, 0.1) is 0 Å². The van der Waals surface area contributed by atoms with Gasteiger partial charge in [0.15, 0.2) is 0 Å². The predicted molar refractivity (Wildman–Crippen MR) is 66.1 cm³/mol. The number of thiophene rings is 1. The second-order valence-electron chi connectivity index (χ2n) is 3.67. The van der Waals surface area contributed by atoms with Gasteiger partial charge in [0.05, 0.1) is 12.0 Å². The highest BCUT2D eigenvalue weighted by Gasteiger charge is 2.16. The average molecular weight is 248 g/mol. The van der Waals surface area contributed by atoms with Gasteiger partial charge < -0.3 is 11.1 Å². The minimum absolute atomic E-state index is 0.120. The molecule has 0 atom stereocenters. The summed E-state index contributed by atoms with van der Waals surface area (Å²) in [4.78, 5) is 23.8. The van der Waals surface area contributed by atoms with Crippen LogP contribution in [0.5, 0.6) is 0 Å². The third kappa shape index (κ3) is 2.82. The molecule has 3 N–H and O–H groups in total. The van der Waals surface area contributed by atoms with Crippen LogP contribution in [-0.4, -0.2) is 11.8 Å². The Hall–Kier alpha value is -1.88. The van der Waals surface area contributed by atoms with Crippen LogP contribution >= 0.6 is 11.3 Å². The van der Waals surface area contributed by atoms with E-state index in [2.05, 4.69) is 5.32 Å². The molecule has 1 aliphatic rings. The van der Waals surface area contributed by atoms with Crippen LogP contribution < -0.4 is 11.1 Å². The lowest BCUT2D eigenvalue weighted by atomic mass is 10.2.